The molecule has 0 aliphatic carbocycles. The molecule has 0 spiro atoms. The standard InChI is InChI=1S/C15H19NO/c1-12(13-7-5-4-6-8-13)16-10-9-14(17)15(2,3)11-16/h4-8H,1,9-11H2,2-3H3. The Morgan fingerprint density at radius 3 is 2.53 bits per heavy atom. The van der Waals surface area contributed by atoms with Gasteiger partial charge in [0, 0.05) is 30.6 Å². The summed E-state index contributed by atoms with van der Waals surface area (Å²) >= 11 is 0. The van der Waals surface area contributed by atoms with E-state index in [1.54, 1.807) is 0 Å². The summed E-state index contributed by atoms with van der Waals surface area (Å²) in [5.41, 5.74) is 1.90. The van der Waals surface area contributed by atoms with E-state index in [0.717, 1.165) is 24.4 Å². The predicted octanol–water partition coefficient (Wildman–Crippen LogP) is 2.96. The molecule has 90 valence electrons. The minimum atomic E-state index is -0.254. The first-order chi connectivity index (χ1) is 8.00. The second-order valence-electron chi connectivity index (χ2n) is 5.29. The minimum absolute atomic E-state index is 0.254. The number of carbonyl (C=O) groups excluding carboxylic acids is 1. The molecule has 2 nitrogen and oxygen atoms in total. The summed E-state index contributed by atoms with van der Waals surface area (Å²) in [6.45, 7) is 9.73. The monoisotopic (exact) mass is 229 g/mol. The van der Waals surface area contributed by atoms with Gasteiger partial charge in [0.2, 0.25) is 0 Å². The van der Waals surface area contributed by atoms with E-state index in [1.807, 2.05) is 32.0 Å². The summed E-state index contributed by atoms with van der Waals surface area (Å²) in [6, 6.07) is 10.2. The number of ketones is 1. The number of hydrogen-bond donors (Lipinski definition) is 0. The number of benzene rings is 1. The number of rotatable bonds is 2. The van der Waals surface area contributed by atoms with Gasteiger partial charge < -0.3 is 4.90 Å². The molecular formula is C15H19NO. The SMILES string of the molecule is C=C(c1ccccc1)N1CCC(=O)C(C)(C)C1. The largest absolute Gasteiger partial charge is 0.370 e. The maximum Gasteiger partial charge on any atom is 0.142 e. The Morgan fingerprint density at radius 2 is 1.94 bits per heavy atom. The Morgan fingerprint density at radius 1 is 1.29 bits per heavy atom. The highest BCUT2D eigenvalue weighted by Crippen LogP contribution is 2.30. The lowest BCUT2D eigenvalue weighted by Gasteiger charge is -2.39. The fourth-order valence-electron chi connectivity index (χ4n) is 2.26. The molecule has 0 saturated carbocycles. The molecule has 0 bridgehead atoms. The van der Waals surface area contributed by atoms with Gasteiger partial charge in [-0.05, 0) is 5.56 Å². The Kier molecular flexibility index (Phi) is 3.05. The zero-order valence-electron chi connectivity index (χ0n) is 10.6. The third-order valence-electron chi connectivity index (χ3n) is 3.44. The molecule has 0 amide bonds. The fourth-order valence-corrected chi connectivity index (χ4v) is 2.26. The van der Waals surface area contributed by atoms with Gasteiger partial charge in [0.25, 0.3) is 0 Å². The Labute approximate surface area is 103 Å². The lowest BCUT2D eigenvalue weighted by atomic mass is 9.82. The molecule has 1 heterocycles. The van der Waals surface area contributed by atoms with Crippen LogP contribution in [0.1, 0.15) is 25.8 Å². The van der Waals surface area contributed by atoms with Crippen molar-refractivity contribution in [3.63, 3.8) is 0 Å². The summed E-state index contributed by atoms with van der Waals surface area (Å²) in [7, 11) is 0. The highest BCUT2D eigenvalue weighted by molar-refractivity contribution is 5.86. The first-order valence-electron chi connectivity index (χ1n) is 6.03. The van der Waals surface area contributed by atoms with Gasteiger partial charge in [0.1, 0.15) is 5.78 Å². The zero-order chi connectivity index (χ0) is 12.5. The van der Waals surface area contributed by atoms with Crippen LogP contribution in [0.5, 0.6) is 0 Å². The van der Waals surface area contributed by atoms with Crippen LogP contribution in [0.25, 0.3) is 5.70 Å². The van der Waals surface area contributed by atoms with E-state index >= 15 is 0 Å². The highest BCUT2D eigenvalue weighted by Gasteiger charge is 2.34. The summed E-state index contributed by atoms with van der Waals surface area (Å²) < 4.78 is 0. The molecule has 1 aromatic carbocycles. The van der Waals surface area contributed by atoms with Crippen LogP contribution in [0.4, 0.5) is 0 Å². The van der Waals surface area contributed by atoms with Crippen molar-refractivity contribution in [2.45, 2.75) is 20.3 Å². The Hall–Kier alpha value is -1.57. The van der Waals surface area contributed by atoms with Crippen molar-refractivity contribution in [3.8, 4) is 0 Å². The predicted molar refractivity (Wildman–Crippen MR) is 70.5 cm³/mol. The van der Waals surface area contributed by atoms with E-state index < -0.39 is 0 Å². The van der Waals surface area contributed by atoms with Crippen LogP contribution in [0, 0.1) is 5.41 Å². The van der Waals surface area contributed by atoms with Gasteiger partial charge in [-0.15, -0.1) is 0 Å². The maximum atomic E-state index is 11.8. The average Bonchev–Trinajstić information content (AvgIpc) is 2.33. The van der Waals surface area contributed by atoms with Gasteiger partial charge in [0.05, 0.1) is 0 Å². The van der Waals surface area contributed by atoms with Crippen LogP contribution in [0.3, 0.4) is 0 Å². The van der Waals surface area contributed by atoms with Crippen molar-refractivity contribution in [2.24, 2.45) is 5.41 Å². The topological polar surface area (TPSA) is 20.3 Å². The average molecular weight is 229 g/mol. The van der Waals surface area contributed by atoms with E-state index in [0.29, 0.717) is 12.2 Å². The summed E-state index contributed by atoms with van der Waals surface area (Å²) in [5, 5.41) is 0. The smallest absolute Gasteiger partial charge is 0.142 e. The van der Waals surface area contributed by atoms with Gasteiger partial charge in [-0.1, -0.05) is 50.8 Å². The summed E-state index contributed by atoms with van der Waals surface area (Å²) in [6.07, 6.45) is 0.624. The minimum Gasteiger partial charge on any atom is -0.370 e. The second kappa shape index (κ2) is 4.36. The first-order valence-corrected chi connectivity index (χ1v) is 6.03. The lowest BCUT2D eigenvalue weighted by Crippen LogP contribution is -2.45. The number of hydrogen-bond acceptors (Lipinski definition) is 2. The normalized spacial score (nSPS) is 19.2. The molecule has 1 saturated heterocycles. The highest BCUT2D eigenvalue weighted by atomic mass is 16.1. The van der Waals surface area contributed by atoms with Crippen LogP contribution in [-0.2, 0) is 4.79 Å². The molecule has 0 N–H and O–H groups in total. The van der Waals surface area contributed by atoms with Crippen molar-refractivity contribution >= 4 is 11.5 Å². The number of nitrogens with zero attached hydrogens (tertiary/aromatic N) is 1. The van der Waals surface area contributed by atoms with Crippen LogP contribution in [0.2, 0.25) is 0 Å². The molecule has 0 radical (unpaired) electrons. The summed E-state index contributed by atoms with van der Waals surface area (Å²) in [5.74, 6) is 0.356. The van der Waals surface area contributed by atoms with Crippen molar-refractivity contribution in [2.75, 3.05) is 13.1 Å². The number of likely N-dealkylation sites (tertiary alicyclic amines) is 1. The quantitative estimate of drug-likeness (QED) is 0.777. The van der Waals surface area contributed by atoms with Crippen molar-refractivity contribution in [1.29, 1.82) is 0 Å². The van der Waals surface area contributed by atoms with Crippen molar-refractivity contribution in [1.82, 2.24) is 4.90 Å². The summed E-state index contributed by atoms with van der Waals surface area (Å²) in [4.78, 5) is 14.0. The van der Waals surface area contributed by atoms with E-state index in [1.165, 1.54) is 0 Å². The van der Waals surface area contributed by atoms with Gasteiger partial charge in [0.15, 0.2) is 0 Å². The molecule has 1 aliphatic heterocycles. The van der Waals surface area contributed by atoms with E-state index in [4.69, 9.17) is 0 Å². The Balaban J connectivity index is 2.15. The van der Waals surface area contributed by atoms with E-state index in [9.17, 15) is 4.79 Å². The molecule has 17 heavy (non-hydrogen) atoms. The van der Waals surface area contributed by atoms with E-state index in [2.05, 4.69) is 23.6 Å². The first kappa shape index (κ1) is 11.9. The molecule has 0 aromatic heterocycles. The van der Waals surface area contributed by atoms with Gasteiger partial charge in [-0.3, -0.25) is 4.79 Å². The molecule has 1 fully saturated rings. The van der Waals surface area contributed by atoms with Crippen LogP contribution < -0.4 is 0 Å². The van der Waals surface area contributed by atoms with Crippen LogP contribution >= 0.6 is 0 Å². The molecule has 1 aliphatic rings. The van der Waals surface area contributed by atoms with Crippen LogP contribution in [-0.4, -0.2) is 23.8 Å². The third-order valence-corrected chi connectivity index (χ3v) is 3.44. The van der Waals surface area contributed by atoms with Gasteiger partial charge in [-0.25, -0.2) is 0 Å². The number of Topliss-reactive ketones (excluding diaryl/α,β-unsaturated/α-hetero) is 1. The maximum absolute atomic E-state index is 11.8. The van der Waals surface area contributed by atoms with Crippen molar-refractivity contribution in [3.05, 3.63) is 42.5 Å². The zero-order valence-corrected chi connectivity index (χ0v) is 10.6. The fraction of sp³-hybridized carbons (Fsp3) is 0.400. The molecule has 2 heteroatoms. The second-order valence-corrected chi connectivity index (χ2v) is 5.29. The molecule has 0 unspecified atom stereocenters. The molecule has 1 aromatic rings. The third kappa shape index (κ3) is 2.41. The van der Waals surface area contributed by atoms with E-state index in [-0.39, 0.29) is 5.41 Å². The van der Waals surface area contributed by atoms with Crippen molar-refractivity contribution < 1.29 is 4.79 Å². The van der Waals surface area contributed by atoms with Crippen LogP contribution in [0.15, 0.2) is 36.9 Å². The Bertz CT molecular complexity index is 433. The molecule has 0 atom stereocenters. The number of piperidine rings is 1. The lowest BCUT2D eigenvalue weighted by molar-refractivity contribution is -0.130. The molecule has 2 rings (SSSR count). The number of carbonyl (C=O) groups is 1. The van der Waals surface area contributed by atoms with Gasteiger partial charge in [-0.2, -0.15) is 0 Å². The molecular weight excluding hydrogens is 210 g/mol. The van der Waals surface area contributed by atoms with Gasteiger partial charge >= 0.3 is 0 Å².